The van der Waals surface area contributed by atoms with Crippen LogP contribution in [0.1, 0.15) is 43.2 Å². The zero-order valence-electron chi connectivity index (χ0n) is 14.9. The van der Waals surface area contributed by atoms with E-state index in [1.54, 1.807) is 12.3 Å². The molecule has 0 unspecified atom stereocenters. The number of aromatic nitrogens is 2. The molecule has 0 amide bonds. The van der Waals surface area contributed by atoms with Gasteiger partial charge < -0.3 is 19.6 Å². The molecule has 1 aromatic carbocycles. The Labute approximate surface area is 153 Å². The molecule has 2 fully saturated rings. The Morgan fingerprint density at radius 2 is 2.19 bits per heavy atom. The molecule has 3 aliphatic rings. The Balaban J connectivity index is 1.41. The fraction of sp³-hybridized carbons (Fsp3) is 0.550. The quantitative estimate of drug-likeness (QED) is 0.867. The van der Waals surface area contributed by atoms with Gasteiger partial charge in [0, 0.05) is 56.4 Å². The van der Waals surface area contributed by atoms with Crippen LogP contribution < -0.4 is 4.74 Å². The van der Waals surface area contributed by atoms with Crippen LogP contribution in [0.3, 0.4) is 0 Å². The Morgan fingerprint density at radius 3 is 3.00 bits per heavy atom. The monoisotopic (exact) mass is 355 g/mol. The predicted octanol–water partition coefficient (Wildman–Crippen LogP) is 3.01. The third-order valence-electron chi connectivity index (χ3n) is 6.27. The van der Waals surface area contributed by atoms with Crippen molar-refractivity contribution in [1.29, 1.82) is 0 Å². The summed E-state index contributed by atoms with van der Waals surface area (Å²) < 4.78 is 12.7. The van der Waals surface area contributed by atoms with E-state index in [0.29, 0.717) is 11.7 Å². The van der Waals surface area contributed by atoms with Crippen LogP contribution in [-0.2, 0) is 11.3 Å². The van der Waals surface area contributed by atoms with Crippen molar-refractivity contribution in [1.82, 2.24) is 14.9 Å². The molecule has 1 spiro atoms. The number of benzene rings is 1. The van der Waals surface area contributed by atoms with Gasteiger partial charge in [-0.15, -0.1) is 0 Å². The van der Waals surface area contributed by atoms with E-state index in [-0.39, 0.29) is 17.5 Å². The van der Waals surface area contributed by atoms with Gasteiger partial charge in [0.25, 0.3) is 0 Å². The molecule has 0 aliphatic carbocycles. The Morgan fingerprint density at radius 1 is 1.31 bits per heavy atom. The molecule has 0 bridgehead atoms. The summed E-state index contributed by atoms with van der Waals surface area (Å²) in [5.74, 6) is 2.23. The minimum absolute atomic E-state index is 0.0382. The van der Waals surface area contributed by atoms with Gasteiger partial charge in [0.2, 0.25) is 0 Å². The van der Waals surface area contributed by atoms with E-state index in [1.807, 2.05) is 18.3 Å². The molecule has 6 heteroatoms. The van der Waals surface area contributed by atoms with Gasteiger partial charge in [-0.1, -0.05) is 12.1 Å². The van der Waals surface area contributed by atoms with Crippen molar-refractivity contribution in [2.45, 2.75) is 43.9 Å². The number of likely N-dealkylation sites (tertiary alicyclic amines) is 1. The van der Waals surface area contributed by atoms with Crippen LogP contribution in [0.25, 0.3) is 0 Å². The lowest BCUT2D eigenvalue weighted by Gasteiger charge is -2.53. The second-order valence-electron chi connectivity index (χ2n) is 7.71. The fourth-order valence-corrected chi connectivity index (χ4v) is 4.94. The molecule has 2 N–H and O–H groups in total. The van der Waals surface area contributed by atoms with Crippen LogP contribution >= 0.6 is 0 Å². The van der Waals surface area contributed by atoms with Crippen molar-refractivity contribution in [2.24, 2.45) is 5.92 Å². The lowest BCUT2D eigenvalue weighted by Crippen LogP contribution is -2.57. The van der Waals surface area contributed by atoms with Gasteiger partial charge in [-0.2, -0.15) is 0 Å². The molecule has 2 saturated heterocycles. The highest BCUT2D eigenvalue weighted by molar-refractivity contribution is 5.49. The first-order valence-electron chi connectivity index (χ1n) is 9.58. The maximum Gasteiger partial charge on any atom is 0.167 e. The number of nitrogens with zero attached hydrogens (tertiary/aromatic N) is 2. The molecular formula is C20H25N3O3. The second kappa shape index (κ2) is 6.28. The molecule has 2 aromatic rings. The van der Waals surface area contributed by atoms with Gasteiger partial charge in [0.1, 0.15) is 11.4 Å². The molecule has 2 atom stereocenters. The molecule has 1 aromatic heterocycles. The minimum atomic E-state index is -0.239. The van der Waals surface area contributed by atoms with Crippen LogP contribution in [0.4, 0.5) is 0 Å². The van der Waals surface area contributed by atoms with E-state index < -0.39 is 0 Å². The van der Waals surface area contributed by atoms with E-state index >= 15 is 0 Å². The van der Waals surface area contributed by atoms with Crippen molar-refractivity contribution < 1.29 is 14.6 Å². The number of imidazole rings is 1. The van der Waals surface area contributed by atoms with Crippen LogP contribution in [0.15, 0.2) is 30.6 Å². The van der Waals surface area contributed by atoms with Crippen molar-refractivity contribution in [3.8, 4) is 11.5 Å². The molecule has 0 saturated carbocycles. The zero-order valence-corrected chi connectivity index (χ0v) is 14.9. The molecule has 6 nitrogen and oxygen atoms in total. The number of ether oxygens (including phenoxy) is 2. The van der Waals surface area contributed by atoms with E-state index in [2.05, 4.69) is 14.9 Å². The van der Waals surface area contributed by atoms with Gasteiger partial charge in [-0.25, -0.2) is 4.98 Å². The number of H-pyrrole nitrogens is 1. The molecule has 0 radical (unpaired) electrons. The number of piperidine rings is 1. The number of para-hydroxylation sites is 1. The first-order chi connectivity index (χ1) is 12.8. The highest BCUT2D eigenvalue weighted by Gasteiger charge is 2.52. The first kappa shape index (κ1) is 16.1. The Bertz CT molecular complexity index is 769. The Kier molecular flexibility index (Phi) is 3.90. The first-order valence-corrected chi connectivity index (χ1v) is 9.58. The van der Waals surface area contributed by atoms with Crippen molar-refractivity contribution >= 4 is 0 Å². The molecule has 5 rings (SSSR count). The summed E-state index contributed by atoms with van der Waals surface area (Å²) in [6.07, 6.45) is 7.81. The zero-order chi connectivity index (χ0) is 17.6. The lowest BCUT2D eigenvalue weighted by molar-refractivity contribution is -0.150. The predicted molar refractivity (Wildman–Crippen MR) is 96.0 cm³/mol. The summed E-state index contributed by atoms with van der Waals surface area (Å²) in [5.41, 5.74) is 0.773. The number of hydrogen-bond acceptors (Lipinski definition) is 5. The maximum absolute atomic E-state index is 10.4. The highest BCUT2D eigenvalue weighted by Crippen LogP contribution is 2.55. The third-order valence-corrected chi connectivity index (χ3v) is 6.27. The average molecular weight is 355 g/mol. The molecular weight excluding hydrogens is 330 g/mol. The number of nitrogens with one attached hydrogen (secondary N) is 1. The number of fused-ring (bicyclic) bond motifs is 4. The molecule has 26 heavy (non-hydrogen) atoms. The smallest absolute Gasteiger partial charge is 0.167 e. The summed E-state index contributed by atoms with van der Waals surface area (Å²) in [5, 5.41) is 10.4. The number of aromatic amines is 1. The summed E-state index contributed by atoms with van der Waals surface area (Å²) in [4.78, 5) is 9.95. The summed E-state index contributed by atoms with van der Waals surface area (Å²) >= 11 is 0. The van der Waals surface area contributed by atoms with Crippen LogP contribution in [0.2, 0.25) is 0 Å². The highest BCUT2D eigenvalue weighted by atomic mass is 16.5. The van der Waals surface area contributed by atoms with E-state index in [1.165, 1.54) is 0 Å². The summed E-state index contributed by atoms with van der Waals surface area (Å²) in [7, 11) is 0. The number of aromatic hydroxyl groups is 1. The second-order valence-corrected chi connectivity index (χ2v) is 7.71. The van der Waals surface area contributed by atoms with E-state index in [0.717, 1.165) is 63.3 Å². The molecule has 3 aliphatic heterocycles. The van der Waals surface area contributed by atoms with Gasteiger partial charge in [0.05, 0.1) is 12.6 Å². The molecule has 4 heterocycles. The largest absolute Gasteiger partial charge is 0.504 e. The van der Waals surface area contributed by atoms with Gasteiger partial charge in [0.15, 0.2) is 11.5 Å². The van der Waals surface area contributed by atoms with Crippen LogP contribution in [0.5, 0.6) is 11.5 Å². The van der Waals surface area contributed by atoms with Gasteiger partial charge in [-0.05, 0) is 18.9 Å². The van der Waals surface area contributed by atoms with Gasteiger partial charge in [-0.3, -0.25) is 4.90 Å². The van der Waals surface area contributed by atoms with Gasteiger partial charge >= 0.3 is 0 Å². The number of phenols is 1. The fourth-order valence-electron chi connectivity index (χ4n) is 4.94. The topological polar surface area (TPSA) is 70.6 Å². The number of rotatable bonds is 2. The average Bonchev–Trinajstić information content (AvgIpc) is 3.18. The normalized spacial score (nSPS) is 27.5. The SMILES string of the molecule is Oc1cccc2c1OC1(CCN(Cc3ncc[nH]3)CC1)[C@H]1CCCO[C@H]21. The summed E-state index contributed by atoms with van der Waals surface area (Å²) in [6.45, 7) is 3.56. The van der Waals surface area contributed by atoms with E-state index in [4.69, 9.17) is 9.47 Å². The number of hydrogen-bond donors (Lipinski definition) is 2. The van der Waals surface area contributed by atoms with Crippen molar-refractivity contribution in [2.75, 3.05) is 19.7 Å². The third kappa shape index (κ3) is 2.59. The lowest BCUT2D eigenvalue weighted by atomic mass is 9.70. The Hall–Kier alpha value is -2.05. The van der Waals surface area contributed by atoms with Crippen LogP contribution in [-0.4, -0.2) is 45.3 Å². The number of phenolic OH excluding ortho intramolecular Hbond substituents is 1. The maximum atomic E-state index is 10.4. The van der Waals surface area contributed by atoms with Crippen LogP contribution in [0, 0.1) is 5.92 Å². The van der Waals surface area contributed by atoms with E-state index in [9.17, 15) is 5.11 Å². The molecule has 138 valence electrons. The standard InChI is InChI=1S/C20H25N3O3/c24-16-5-1-3-14-18-15(4-2-12-25-18)20(26-19(14)16)6-10-23(11-7-20)13-17-21-8-9-22-17/h1,3,5,8-9,15,18,24H,2,4,6-7,10-13H2,(H,21,22)/t15-,18+/m0/s1. The summed E-state index contributed by atoms with van der Waals surface area (Å²) in [6, 6.07) is 5.63. The van der Waals surface area contributed by atoms with Crippen molar-refractivity contribution in [3.05, 3.63) is 42.0 Å². The minimum Gasteiger partial charge on any atom is -0.504 e. The van der Waals surface area contributed by atoms with Crippen molar-refractivity contribution in [3.63, 3.8) is 0 Å².